The van der Waals surface area contributed by atoms with Crippen LogP contribution >= 0.6 is 11.8 Å². The number of carbonyl (C=O) groups is 1. The molecule has 0 heterocycles. The number of para-hydroxylation sites is 1. The molecule has 20 heavy (non-hydrogen) atoms. The van der Waals surface area contributed by atoms with Gasteiger partial charge in [-0.25, -0.2) is 0 Å². The maximum Gasteiger partial charge on any atom is 0.196 e. The Morgan fingerprint density at radius 1 is 1.10 bits per heavy atom. The lowest BCUT2D eigenvalue weighted by molar-refractivity contribution is -0.112. The fraction of sp³-hybridized carbons (Fsp3) is 0.235. The van der Waals surface area contributed by atoms with Gasteiger partial charge in [0.25, 0.3) is 0 Å². The van der Waals surface area contributed by atoms with Crippen LogP contribution in [-0.2, 0) is 10.5 Å². The molecule has 0 saturated carbocycles. The Balaban J connectivity index is 2.02. The first-order valence-electron chi connectivity index (χ1n) is 6.56. The molecule has 0 spiro atoms. The third-order valence-electron chi connectivity index (χ3n) is 3.18. The average molecular weight is 286 g/mol. The first kappa shape index (κ1) is 14.7. The Morgan fingerprint density at radius 2 is 1.75 bits per heavy atom. The Bertz CT molecular complexity index is 566. The molecule has 0 aliphatic rings. The van der Waals surface area contributed by atoms with Gasteiger partial charge in [-0.2, -0.15) is 0 Å². The number of benzene rings is 2. The van der Waals surface area contributed by atoms with Crippen LogP contribution in [-0.4, -0.2) is 12.2 Å². The molecule has 0 aliphatic carbocycles. The van der Waals surface area contributed by atoms with Gasteiger partial charge in [-0.3, -0.25) is 4.79 Å². The van der Waals surface area contributed by atoms with E-state index < -0.39 is 0 Å². The number of thioether (sulfide) groups is 1. The second kappa shape index (κ2) is 7.15. The monoisotopic (exact) mass is 286 g/mol. The second-order valence-electron chi connectivity index (χ2n) is 4.56. The molecule has 2 aromatic carbocycles. The minimum Gasteiger partial charge on any atom is -0.496 e. The third-order valence-corrected chi connectivity index (χ3v) is 4.30. The number of methoxy groups -OCH3 is 1. The molecular formula is C17H18O2S. The van der Waals surface area contributed by atoms with Gasteiger partial charge in [-0.1, -0.05) is 67.2 Å². The number of carbonyl (C=O) groups excluding carboxylic acids is 1. The molecule has 0 amide bonds. The zero-order valence-corrected chi connectivity index (χ0v) is 12.5. The minimum atomic E-state index is -0.167. The topological polar surface area (TPSA) is 26.3 Å². The smallest absolute Gasteiger partial charge is 0.196 e. The van der Waals surface area contributed by atoms with Crippen molar-refractivity contribution in [3.8, 4) is 5.75 Å². The van der Waals surface area contributed by atoms with Gasteiger partial charge in [0.2, 0.25) is 0 Å². The molecule has 1 atom stereocenters. The number of hydrogen-bond donors (Lipinski definition) is 0. The lowest BCUT2D eigenvalue weighted by Crippen LogP contribution is -2.07. The summed E-state index contributed by atoms with van der Waals surface area (Å²) in [6, 6.07) is 17.7. The van der Waals surface area contributed by atoms with E-state index >= 15 is 0 Å². The number of rotatable bonds is 5. The van der Waals surface area contributed by atoms with E-state index in [1.54, 1.807) is 7.11 Å². The zero-order chi connectivity index (χ0) is 14.4. The first-order valence-corrected chi connectivity index (χ1v) is 7.54. The number of hydrogen-bond acceptors (Lipinski definition) is 3. The third kappa shape index (κ3) is 3.64. The highest BCUT2D eigenvalue weighted by molar-refractivity contribution is 8.13. The summed E-state index contributed by atoms with van der Waals surface area (Å²) in [6.07, 6.45) is 0. The molecule has 0 aliphatic heterocycles. The highest BCUT2D eigenvalue weighted by Gasteiger charge is 2.19. The van der Waals surface area contributed by atoms with Crippen molar-refractivity contribution in [2.24, 2.45) is 0 Å². The molecule has 2 aromatic rings. The first-order chi connectivity index (χ1) is 9.72. The van der Waals surface area contributed by atoms with Gasteiger partial charge < -0.3 is 4.74 Å². The van der Waals surface area contributed by atoms with Crippen molar-refractivity contribution in [3.63, 3.8) is 0 Å². The molecule has 0 N–H and O–H groups in total. The van der Waals surface area contributed by atoms with Crippen LogP contribution in [0.4, 0.5) is 0 Å². The van der Waals surface area contributed by atoms with E-state index in [0.29, 0.717) is 5.75 Å². The van der Waals surface area contributed by atoms with Crippen LogP contribution in [0.1, 0.15) is 24.0 Å². The molecule has 0 fully saturated rings. The summed E-state index contributed by atoms with van der Waals surface area (Å²) in [6.45, 7) is 1.93. The van der Waals surface area contributed by atoms with Gasteiger partial charge in [0.15, 0.2) is 5.12 Å². The standard InChI is InChI=1S/C17H18O2S/c1-13(15-10-6-7-11-16(15)19-2)17(18)20-12-14-8-4-3-5-9-14/h3-11,13H,12H2,1-2H3/t13-/m1/s1. The van der Waals surface area contributed by atoms with Crippen molar-refractivity contribution >= 4 is 16.9 Å². The van der Waals surface area contributed by atoms with Gasteiger partial charge in [0.1, 0.15) is 5.75 Å². The van der Waals surface area contributed by atoms with E-state index in [-0.39, 0.29) is 11.0 Å². The minimum absolute atomic E-state index is 0.165. The van der Waals surface area contributed by atoms with Crippen LogP contribution in [0.25, 0.3) is 0 Å². The van der Waals surface area contributed by atoms with Crippen LogP contribution in [0.3, 0.4) is 0 Å². The lowest BCUT2D eigenvalue weighted by Gasteiger charge is -2.14. The van der Waals surface area contributed by atoms with E-state index in [2.05, 4.69) is 0 Å². The summed E-state index contributed by atoms with van der Waals surface area (Å²) in [5.74, 6) is 1.31. The fourth-order valence-corrected chi connectivity index (χ4v) is 2.88. The zero-order valence-electron chi connectivity index (χ0n) is 11.7. The fourth-order valence-electron chi connectivity index (χ4n) is 2.00. The molecule has 0 saturated heterocycles. The van der Waals surface area contributed by atoms with E-state index in [1.165, 1.54) is 11.8 Å². The van der Waals surface area contributed by atoms with Crippen LogP contribution in [0.2, 0.25) is 0 Å². The van der Waals surface area contributed by atoms with Gasteiger partial charge in [0, 0.05) is 11.3 Å². The number of ether oxygens (including phenoxy) is 1. The maximum absolute atomic E-state index is 12.3. The molecule has 0 radical (unpaired) electrons. The van der Waals surface area contributed by atoms with Crippen molar-refractivity contribution < 1.29 is 9.53 Å². The molecule has 0 bridgehead atoms. The molecule has 0 aromatic heterocycles. The van der Waals surface area contributed by atoms with Crippen molar-refractivity contribution in [2.75, 3.05) is 7.11 Å². The average Bonchev–Trinajstić information content (AvgIpc) is 2.52. The molecule has 2 rings (SSSR count). The predicted molar refractivity (Wildman–Crippen MR) is 84.2 cm³/mol. The quantitative estimate of drug-likeness (QED) is 0.821. The van der Waals surface area contributed by atoms with Gasteiger partial charge in [0.05, 0.1) is 13.0 Å². The van der Waals surface area contributed by atoms with Crippen LogP contribution < -0.4 is 4.74 Å². The van der Waals surface area contributed by atoms with Crippen molar-refractivity contribution in [1.82, 2.24) is 0 Å². The van der Waals surface area contributed by atoms with E-state index in [9.17, 15) is 4.79 Å². The molecule has 0 unspecified atom stereocenters. The van der Waals surface area contributed by atoms with Crippen LogP contribution in [0.15, 0.2) is 54.6 Å². The summed E-state index contributed by atoms with van der Waals surface area (Å²) in [5.41, 5.74) is 2.11. The largest absolute Gasteiger partial charge is 0.496 e. The van der Waals surface area contributed by atoms with Crippen molar-refractivity contribution in [3.05, 3.63) is 65.7 Å². The molecule has 104 valence electrons. The van der Waals surface area contributed by atoms with Crippen LogP contribution in [0.5, 0.6) is 5.75 Å². The Kier molecular flexibility index (Phi) is 5.24. The normalized spacial score (nSPS) is 11.9. The summed E-state index contributed by atoms with van der Waals surface area (Å²) >= 11 is 1.36. The summed E-state index contributed by atoms with van der Waals surface area (Å²) < 4.78 is 5.32. The summed E-state index contributed by atoms with van der Waals surface area (Å²) in [4.78, 5) is 12.3. The van der Waals surface area contributed by atoms with Crippen molar-refractivity contribution in [2.45, 2.75) is 18.6 Å². The lowest BCUT2D eigenvalue weighted by atomic mass is 10.0. The second-order valence-corrected chi connectivity index (χ2v) is 5.54. The maximum atomic E-state index is 12.3. The van der Waals surface area contributed by atoms with Gasteiger partial charge in [-0.15, -0.1) is 0 Å². The Morgan fingerprint density at radius 3 is 2.45 bits per heavy atom. The van der Waals surface area contributed by atoms with E-state index in [0.717, 1.165) is 16.9 Å². The van der Waals surface area contributed by atoms with Crippen LogP contribution in [0, 0.1) is 0 Å². The highest BCUT2D eigenvalue weighted by Crippen LogP contribution is 2.30. The molecular weight excluding hydrogens is 268 g/mol. The van der Waals surface area contributed by atoms with E-state index in [4.69, 9.17) is 4.74 Å². The molecule has 3 heteroatoms. The van der Waals surface area contributed by atoms with Gasteiger partial charge in [-0.05, 0) is 11.6 Å². The van der Waals surface area contributed by atoms with E-state index in [1.807, 2.05) is 61.5 Å². The highest BCUT2D eigenvalue weighted by atomic mass is 32.2. The van der Waals surface area contributed by atoms with Gasteiger partial charge >= 0.3 is 0 Å². The summed E-state index contributed by atoms with van der Waals surface area (Å²) in [5, 5.41) is 0.165. The summed E-state index contributed by atoms with van der Waals surface area (Å²) in [7, 11) is 1.63. The Labute approximate surface area is 124 Å². The Hall–Kier alpha value is -1.74. The molecule has 2 nitrogen and oxygen atoms in total. The SMILES string of the molecule is COc1ccccc1[C@@H](C)C(=O)SCc1ccccc1. The predicted octanol–water partition coefficient (Wildman–Crippen LogP) is 4.26. The van der Waals surface area contributed by atoms with Crippen molar-refractivity contribution in [1.29, 1.82) is 0 Å².